The van der Waals surface area contributed by atoms with Gasteiger partial charge in [-0.1, -0.05) is 24.3 Å². The zero-order valence-electron chi connectivity index (χ0n) is 15.2. The highest BCUT2D eigenvalue weighted by molar-refractivity contribution is 5.58. The zero-order valence-corrected chi connectivity index (χ0v) is 15.2. The molecule has 1 aromatic carbocycles. The van der Waals surface area contributed by atoms with Crippen molar-refractivity contribution in [2.24, 2.45) is 0 Å². The van der Waals surface area contributed by atoms with Gasteiger partial charge in [0, 0.05) is 43.6 Å². The second kappa shape index (κ2) is 7.14. The Balaban J connectivity index is 1.39. The molecule has 0 aliphatic carbocycles. The van der Waals surface area contributed by atoms with E-state index in [4.69, 9.17) is 0 Å². The Morgan fingerprint density at radius 1 is 1.00 bits per heavy atom. The highest BCUT2D eigenvalue weighted by atomic mass is 15.2. The lowest BCUT2D eigenvalue weighted by Gasteiger charge is -2.35. The van der Waals surface area contributed by atoms with Crippen molar-refractivity contribution in [3.63, 3.8) is 0 Å². The van der Waals surface area contributed by atoms with Crippen LogP contribution in [0.5, 0.6) is 0 Å². The van der Waals surface area contributed by atoms with E-state index in [1.54, 1.807) is 0 Å². The second-order valence-corrected chi connectivity index (χ2v) is 7.60. The van der Waals surface area contributed by atoms with Gasteiger partial charge in [-0.3, -0.25) is 4.90 Å². The molecule has 2 fully saturated rings. The lowest BCUT2D eigenvalue weighted by molar-refractivity contribution is 0.166. The second-order valence-electron chi connectivity index (χ2n) is 7.60. The van der Waals surface area contributed by atoms with Crippen LogP contribution >= 0.6 is 0 Å². The minimum Gasteiger partial charge on any atom is -0.329 e. The Kier molecular flexibility index (Phi) is 4.73. The average molecular weight is 336 g/mol. The van der Waals surface area contributed by atoms with Gasteiger partial charge in [-0.2, -0.15) is 0 Å². The SMILES string of the molecule is CN(c1ccccc1)c1ccc(CN(C)C2CC3CCC(C2)N3)cn1. The Morgan fingerprint density at radius 3 is 2.36 bits per heavy atom. The summed E-state index contributed by atoms with van der Waals surface area (Å²) in [4.78, 5) is 9.32. The monoisotopic (exact) mass is 336 g/mol. The average Bonchev–Trinajstić information content (AvgIpc) is 3.00. The fourth-order valence-electron chi connectivity index (χ4n) is 4.30. The number of anilines is 2. The van der Waals surface area contributed by atoms with Gasteiger partial charge in [-0.25, -0.2) is 4.98 Å². The molecule has 2 unspecified atom stereocenters. The lowest BCUT2D eigenvalue weighted by Crippen LogP contribution is -2.46. The van der Waals surface area contributed by atoms with Crippen LogP contribution in [-0.4, -0.2) is 42.1 Å². The normalized spacial score (nSPS) is 25.3. The number of benzene rings is 1. The van der Waals surface area contributed by atoms with Crippen LogP contribution in [0.2, 0.25) is 0 Å². The molecule has 0 amide bonds. The lowest BCUT2D eigenvalue weighted by atomic mass is 9.98. The number of piperidine rings is 1. The molecule has 2 aliphatic heterocycles. The van der Waals surface area contributed by atoms with Crippen LogP contribution in [0.1, 0.15) is 31.2 Å². The highest BCUT2D eigenvalue weighted by Gasteiger charge is 2.34. The van der Waals surface area contributed by atoms with E-state index < -0.39 is 0 Å². The van der Waals surface area contributed by atoms with Crippen LogP contribution < -0.4 is 10.2 Å². The van der Waals surface area contributed by atoms with Gasteiger partial charge in [-0.05, 0) is 56.5 Å². The first-order valence-corrected chi connectivity index (χ1v) is 9.39. The van der Waals surface area contributed by atoms with Crippen molar-refractivity contribution in [3.05, 3.63) is 54.2 Å². The first-order valence-electron chi connectivity index (χ1n) is 9.39. The van der Waals surface area contributed by atoms with Crippen LogP contribution in [0.4, 0.5) is 11.5 Å². The molecule has 4 rings (SSSR count). The molecular weight excluding hydrogens is 308 g/mol. The third kappa shape index (κ3) is 3.70. The highest BCUT2D eigenvalue weighted by Crippen LogP contribution is 2.30. The molecule has 1 N–H and O–H groups in total. The molecule has 2 aromatic rings. The van der Waals surface area contributed by atoms with Crippen molar-refractivity contribution in [2.75, 3.05) is 19.0 Å². The van der Waals surface area contributed by atoms with Crippen molar-refractivity contribution in [3.8, 4) is 0 Å². The Morgan fingerprint density at radius 2 is 1.72 bits per heavy atom. The van der Waals surface area contributed by atoms with E-state index >= 15 is 0 Å². The molecule has 2 saturated heterocycles. The molecule has 4 nitrogen and oxygen atoms in total. The van der Waals surface area contributed by atoms with E-state index in [-0.39, 0.29) is 0 Å². The number of hydrogen-bond acceptors (Lipinski definition) is 4. The van der Waals surface area contributed by atoms with Crippen LogP contribution in [-0.2, 0) is 6.54 Å². The molecule has 2 atom stereocenters. The minimum absolute atomic E-state index is 0.699. The molecule has 0 spiro atoms. The molecule has 0 radical (unpaired) electrons. The summed E-state index contributed by atoms with van der Waals surface area (Å²) < 4.78 is 0. The third-order valence-electron chi connectivity index (χ3n) is 5.80. The number of rotatable bonds is 5. The third-order valence-corrected chi connectivity index (χ3v) is 5.80. The Labute approximate surface area is 150 Å². The molecule has 2 bridgehead atoms. The number of hydrogen-bond donors (Lipinski definition) is 1. The number of fused-ring (bicyclic) bond motifs is 2. The van der Waals surface area contributed by atoms with E-state index in [9.17, 15) is 0 Å². The summed E-state index contributed by atoms with van der Waals surface area (Å²) in [5.74, 6) is 0.984. The fourth-order valence-corrected chi connectivity index (χ4v) is 4.30. The summed E-state index contributed by atoms with van der Waals surface area (Å²) in [5.41, 5.74) is 2.45. The molecule has 25 heavy (non-hydrogen) atoms. The van der Waals surface area contributed by atoms with Crippen LogP contribution in [0.25, 0.3) is 0 Å². The summed E-state index contributed by atoms with van der Waals surface area (Å²) in [7, 11) is 4.33. The van der Waals surface area contributed by atoms with E-state index in [1.807, 2.05) is 12.3 Å². The molecule has 2 aliphatic rings. The van der Waals surface area contributed by atoms with Gasteiger partial charge in [0.05, 0.1) is 0 Å². The summed E-state index contributed by atoms with van der Waals surface area (Å²) >= 11 is 0. The van der Waals surface area contributed by atoms with Gasteiger partial charge in [0.15, 0.2) is 0 Å². The van der Waals surface area contributed by atoms with Crippen molar-refractivity contribution < 1.29 is 0 Å². The molecule has 132 valence electrons. The molecule has 3 heterocycles. The molecule has 0 saturated carbocycles. The van der Waals surface area contributed by atoms with Crippen LogP contribution in [0, 0.1) is 0 Å². The van der Waals surface area contributed by atoms with Gasteiger partial charge in [0.25, 0.3) is 0 Å². The van der Waals surface area contributed by atoms with E-state index in [2.05, 4.69) is 70.6 Å². The van der Waals surface area contributed by atoms with Crippen molar-refractivity contribution >= 4 is 11.5 Å². The maximum Gasteiger partial charge on any atom is 0.132 e. The fraction of sp³-hybridized carbons (Fsp3) is 0.476. The van der Waals surface area contributed by atoms with Gasteiger partial charge in [0.2, 0.25) is 0 Å². The smallest absolute Gasteiger partial charge is 0.132 e. The molecule has 4 heteroatoms. The number of nitrogens with zero attached hydrogens (tertiary/aromatic N) is 3. The first kappa shape index (κ1) is 16.6. The van der Waals surface area contributed by atoms with Gasteiger partial charge < -0.3 is 10.2 Å². The summed E-state index contributed by atoms with van der Waals surface area (Å²) in [6, 6.07) is 16.9. The first-order chi connectivity index (χ1) is 12.2. The molecular formula is C21H28N4. The summed E-state index contributed by atoms with van der Waals surface area (Å²) in [6.07, 6.45) is 7.32. The topological polar surface area (TPSA) is 31.4 Å². The number of aromatic nitrogens is 1. The van der Waals surface area contributed by atoms with E-state index in [0.29, 0.717) is 6.04 Å². The summed E-state index contributed by atoms with van der Waals surface area (Å²) in [5, 5.41) is 3.73. The van der Waals surface area contributed by atoms with Crippen molar-refractivity contribution in [1.82, 2.24) is 15.2 Å². The number of para-hydroxylation sites is 1. The predicted molar refractivity (Wildman–Crippen MR) is 103 cm³/mol. The Bertz CT molecular complexity index is 673. The maximum atomic E-state index is 4.68. The van der Waals surface area contributed by atoms with Crippen LogP contribution in [0.15, 0.2) is 48.7 Å². The van der Waals surface area contributed by atoms with Gasteiger partial charge in [-0.15, -0.1) is 0 Å². The largest absolute Gasteiger partial charge is 0.329 e. The standard InChI is InChI=1S/C21H28N4/c1-24(20-12-17-9-10-18(13-20)23-17)15-16-8-11-21(22-14-16)25(2)19-6-4-3-5-7-19/h3-8,11,14,17-18,20,23H,9-10,12-13,15H2,1-2H3. The number of pyridine rings is 1. The van der Waals surface area contributed by atoms with Crippen LogP contribution in [0.3, 0.4) is 0 Å². The summed E-state index contributed by atoms with van der Waals surface area (Å²) in [6.45, 7) is 0.979. The van der Waals surface area contributed by atoms with Crippen molar-refractivity contribution in [1.29, 1.82) is 0 Å². The van der Waals surface area contributed by atoms with Gasteiger partial charge in [0.1, 0.15) is 5.82 Å². The predicted octanol–water partition coefficient (Wildman–Crippen LogP) is 3.56. The van der Waals surface area contributed by atoms with Crippen molar-refractivity contribution in [2.45, 2.75) is 50.4 Å². The van der Waals surface area contributed by atoms with E-state index in [1.165, 1.54) is 31.2 Å². The quantitative estimate of drug-likeness (QED) is 0.904. The maximum absolute atomic E-state index is 4.68. The zero-order chi connectivity index (χ0) is 17.2. The Hall–Kier alpha value is -1.91. The van der Waals surface area contributed by atoms with E-state index in [0.717, 1.165) is 30.1 Å². The molecule has 1 aromatic heterocycles. The minimum atomic E-state index is 0.699. The van der Waals surface area contributed by atoms with Gasteiger partial charge >= 0.3 is 0 Å². The number of nitrogens with one attached hydrogen (secondary N) is 1.